The van der Waals surface area contributed by atoms with Crippen LogP contribution < -0.4 is 4.90 Å². The van der Waals surface area contributed by atoms with Gasteiger partial charge in [0.25, 0.3) is 0 Å². The highest BCUT2D eigenvalue weighted by Crippen LogP contribution is 2.40. The fraction of sp³-hybridized carbons (Fsp3) is 0.619. The number of carbonyl (C=O) groups excluding carboxylic acids is 2. The molecule has 27 heavy (non-hydrogen) atoms. The van der Waals surface area contributed by atoms with Crippen molar-refractivity contribution in [2.75, 3.05) is 51.8 Å². The van der Waals surface area contributed by atoms with Crippen molar-refractivity contribution in [2.24, 2.45) is 5.41 Å². The van der Waals surface area contributed by atoms with Gasteiger partial charge in [-0.25, -0.2) is 4.79 Å². The number of rotatable bonds is 5. The van der Waals surface area contributed by atoms with Gasteiger partial charge in [-0.2, -0.15) is 0 Å². The molecule has 1 aromatic carbocycles. The Hall–Kier alpha value is -2.08. The van der Waals surface area contributed by atoms with Gasteiger partial charge in [0.15, 0.2) is 0 Å². The van der Waals surface area contributed by atoms with Gasteiger partial charge in [-0.1, -0.05) is 18.2 Å². The first-order valence-electron chi connectivity index (χ1n) is 9.89. The van der Waals surface area contributed by atoms with Gasteiger partial charge in [0.1, 0.15) is 0 Å². The highest BCUT2D eigenvalue weighted by molar-refractivity contribution is 5.91. The first-order valence-corrected chi connectivity index (χ1v) is 9.89. The Morgan fingerprint density at radius 3 is 2.56 bits per heavy atom. The van der Waals surface area contributed by atoms with Gasteiger partial charge in [0.2, 0.25) is 5.91 Å². The Labute approximate surface area is 162 Å². The van der Waals surface area contributed by atoms with Crippen molar-refractivity contribution in [1.82, 2.24) is 9.80 Å². The predicted molar refractivity (Wildman–Crippen MR) is 106 cm³/mol. The lowest BCUT2D eigenvalue weighted by molar-refractivity contribution is -0.139. The number of hydrogen-bond acceptors (Lipinski definition) is 3. The monoisotopic (exact) mass is 373 g/mol. The van der Waals surface area contributed by atoms with Crippen LogP contribution in [0, 0.1) is 5.41 Å². The Bertz CT molecular complexity index is 641. The zero-order chi connectivity index (χ0) is 19.3. The van der Waals surface area contributed by atoms with Gasteiger partial charge in [-0.05, 0) is 43.2 Å². The van der Waals surface area contributed by atoms with E-state index < -0.39 is 0 Å². The fourth-order valence-electron chi connectivity index (χ4n) is 4.26. The van der Waals surface area contributed by atoms with Crippen LogP contribution in [-0.4, -0.2) is 68.7 Å². The van der Waals surface area contributed by atoms with Crippen molar-refractivity contribution in [2.45, 2.75) is 32.1 Å². The standard InChI is InChI=1S/C21H31N3O3/c1-22(18-7-4-3-5-8-18)20(26)23-14-11-21(12-15-23)10-9-19(25)24(17-21)13-6-16-27-2/h3-5,7-8H,6,9-17H2,1-2H3. The van der Waals surface area contributed by atoms with E-state index >= 15 is 0 Å². The molecule has 3 amide bonds. The van der Waals surface area contributed by atoms with Gasteiger partial charge in [0.05, 0.1) is 0 Å². The molecule has 1 spiro atoms. The van der Waals surface area contributed by atoms with Crippen molar-refractivity contribution in [3.63, 3.8) is 0 Å². The summed E-state index contributed by atoms with van der Waals surface area (Å²) in [5.41, 5.74) is 1.08. The van der Waals surface area contributed by atoms with Crippen LogP contribution in [0.25, 0.3) is 0 Å². The summed E-state index contributed by atoms with van der Waals surface area (Å²) in [5, 5.41) is 0. The number of nitrogens with zero attached hydrogens (tertiary/aromatic N) is 3. The van der Waals surface area contributed by atoms with E-state index in [9.17, 15) is 9.59 Å². The SMILES string of the molecule is COCCCN1CC2(CCC1=O)CCN(C(=O)N(C)c1ccccc1)CC2. The second-order valence-electron chi connectivity index (χ2n) is 7.83. The van der Waals surface area contributed by atoms with Crippen molar-refractivity contribution >= 4 is 17.6 Å². The van der Waals surface area contributed by atoms with E-state index in [1.807, 2.05) is 47.2 Å². The molecule has 2 fully saturated rings. The highest BCUT2D eigenvalue weighted by Gasteiger charge is 2.41. The molecule has 0 unspecified atom stereocenters. The predicted octanol–water partition coefficient (Wildman–Crippen LogP) is 2.98. The molecule has 1 aromatic rings. The van der Waals surface area contributed by atoms with Gasteiger partial charge in [0, 0.05) is 59.1 Å². The molecule has 0 aromatic heterocycles. The zero-order valence-electron chi connectivity index (χ0n) is 16.5. The third-order valence-electron chi connectivity index (χ3n) is 6.05. The summed E-state index contributed by atoms with van der Waals surface area (Å²) in [7, 11) is 3.53. The average Bonchev–Trinajstić information content (AvgIpc) is 2.71. The van der Waals surface area contributed by atoms with Crippen LogP contribution in [0.3, 0.4) is 0 Å². The number of ether oxygens (including phenoxy) is 1. The van der Waals surface area contributed by atoms with Crippen molar-refractivity contribution in [3.05, 3.63) is 30.3 Å². The van der Waals surface area contributed by atoms with Crippen LogP contribution in [-0.2, 0) is 9.53 Å². The molecule has 0 saturated carbocycles. The van der Waals surface area contributed by atoms with E-state index in [-0.39, 0.29) is 17.4 Å². The Morgan fingerprint density at radius 1 is 1.19 bits per heavy atom. The number of amides is 3. The van der Waals surface area contributed by atoms with Crippen molar-refractivity contribution in [1.29, 1.82) is 0 Å². The summed E-state index contributed by atoms with van der Waals surface area (Å²) in [6.07, 6.45) is 4.39. The van der Waals surface area contributed by atoms with Crippen LogP contribution in [0.5, 0.6) is 0 Å². The summed E-state index contributed by atoms with van der Waals surface area (Å²) >= 11 is 0. The first kappa shape index (κ1) is 19.7. The van der Waals surface area contributed by atoms with Crippen LogP contribution in [0.2, 0.25) is 0 Å². The molecule has 3 rings (SSSR count). The van der Waals surface area contributed by atoms with E-state index in [2.05, 4.69) is 0 Å². The number of hydrogen-bond donors (Lipinski definition) is 0. The molecule has 6 nitrogen and oxygen atoms in total. The number of carbonyl (C=O) groups is 2. The summed E-state index contributed by atoms with van der Waals surface area (Å²) in [6, 6.07) is 9.81. The number of urea groups is 1. The van der Waals surface area contributed by atoms with Gasteiger partial charge in [-0.3, -0.25) is 9.69 Å². The Kier molecular flexibility index (Phi) is 6.37. The third kappa shape index (κ3) is 4.61. The maximum atomic E-state index is 12.8. The molecule has 0 N–H and O–H groups in total. The smallest absolute Gasteiger partial charge is 0.324 e. The quantitative estimate of drug-likeness (QED) is 0.746. The number of methoxy groups -OCH3 is 1. The zero-order valence-corrected chi connectivity index (χ0v) is 16.5. The molecule has 2 saturated heterocycles. The van der Waals surface area contributed by atoms with Gasteiger partial charge >= 0.3 is 6.03 Å². The van der Waals surface area contributed by atoms with Crippen LogP contribution in [0.1, 0.15) is 32.1 Å². The fourth-order valence-corrected chi connectivity index (χ4v) is 4.26. The van der Waals surface area contributed by atoms with Crippen LogP contribution >= 0.6 is 0 Å². The summed E-state index contributed by atoms with van der Waals surface area (Å²) in [4.78, 5) is 30.8. The molecular formula is C21H31N3O3. The van der Waals surface area contributed by atoms with E-state index in [0.717, 1.165) is 57.5 Å². The molecule has 6 heteroatoms. The molecule has 0 aliphatic carbocycles. The summed E-state index contributed by atoms with van der Waals surface area (Å²) < 4.78 is 5.12. The van der Waals surface area contributed by atoms with Crippen molar-refractivity contribution < 1.29 is 14.3 Å². The lowest BCUT2D eigenvalue weighted by Crippen LogP contribution is -2.54. The van der Waals surface area contributed by atoms with Crippen molar-refractivity contribution in [3.8, 4) is 0 Å². The van der Waals surface area contributed by atoms with E-state index in [4.69, 9.17) is 4.74 Å². The molecule has 2 heterocycles. The minimum absolute atomic E-state index is 0.0555. The number of benzene rings is 1. The first-order chi connectivity index (χ1) is 13.0. The topological polar surface area (TPSA) is 53.1 Å². The second-order valence-corrected chi connectivity index (χ2v) is 7.83. The molecule has 2 aliphatic heterocycles. The van der Waals surface area contributed by atoms with E-state index in [1.54, 1.807) is 12.0 Å². The minimum atomic E-state index is 0.0555. The molecular weight excluding hydrogens is 342 g/mol. The summed E-state index contributed by atoms with van der Waals surface area (Å²) in [5.74, 6) is 0.263. The summed E-state index contributed by atoms with van der Waals surface area (Å²) in [6.45, 7) is 3.80. The van der Waals surface area contributed by atoms with Crippen LogP contribution in [0.15, 0.2) is 30.3 Å². The maximum Gasteiger partial charge on any atom is 0.324 e. The largest absolute Gasteiger partial charge is 0.385 e. The maximum absolute atomic E-state index is 12.8. The van der Waals surface area contributed by atoms with Gasteiger partial charge in [-0.15, -0.1) is 0 Å². The Morgan fingerprint density at radius 2 is 1.89 bits per heavy atom. The average molecular weight is 373 g/mol. The van der Waals surface area contributed by atoms with E-state index in [1.165, 1.54) is 0 Å². The lowest BCUT2D eigenvalue weighted by Gasteiger charge is -2.47. The third-order valence-corrected chi connectivity index (χ3v) is 6.05. The minimum Gasteiger partial charge on any atom is -0.385 e. The number of anilines is 1. The van der Waals surface area contributed by atoms with Gasteiger partial charge < -0.3 is 14.5 Å². The lowest BCUT2D eigenvalue weighted by atomic mass is 9.72. The van der Waals surface area contributed by atoms with E-state index in [0.29, 0.717) is 13.0 Å². The number of likely N-dealkylation sites (tertiary alicyclic amines) is 2. The molecule has 0 atom stereocenters. The molecule has 0 radical (unpaired) electrons. The molecule has 2 aliphatic rings. The number of para-hydroxylation sites is 1. The second kappa shape index (κ2) is 8.74. The Balaban J connectivity index is 1.56. The normalized spacial score (nSPS) is 19.4. The molecule has 0 bridgehead atoms. The highest BCUT2D eigenvalue weighted by atomic mass is 16.5. The molecule has 148 valence electrons. The van der Waals surface area contributed by atoms with Crippen LogP contribution in [0.4, 0.5) is 10.5 Å². The number of piperidine rings is 2.